The van der Waals surface area contributed by atoms with Gasteiger partial charge in [0.1, 0.15) is 5.01 Å². The number of nitrogens with zero attached hydrogens (tertiary/aromatic N) is 1. The zero-order chi connectivity index (χ0) is 8.77. The molecule has 2 rings (SSSR count). The Labute approximate surface area is 76.8 Å². The third-order valence-corrected chi connectivity index (χ3v) is 3.67. The van der Waals surface area contributed by atoms with Crippen molar-refractivity contribution in [1.82, 2.24) is 4.98 Å². The number of nitrogens with two attached hydrogens (primary N) is 1. The van der Waals surface area contributed by atoms with Gasteiger partial charge in [-0.2, -0.15) is 0 Å². The average Bonchev–Trinajstić information content (AvgIpc) is 2.75. The molecule has 1 atom stereocenters. The van der Waals surface area contributed by atoms with Gasteiger partial charge < -0.3 is 5.73 Å². The maximum Gasteiger partial charge on any atom is 0.113 e. The summed E-state index contributed by atoms with van der Waals surface area (Å²) < 4.78 is 0. The molecule has 0 radical (unpaired) electrons. The van der Waals surface area contributed by atoms with E-state index in [1.54, 1.807) is 11.3 Å². The first-order valence-electron chi connectivity index (χ1n) is 4.32. The Morgan fingerprint density at radius 2 is 2.33 bits per heavy atom. The predicted molar refractivity (Wildman–Crippen MR) is 51.1 cm³/mol. The maximum absolute atomic E-state index is 6.20. The molecule has 1 unspecified atom stereocenters. The van der Waals surface area contributed by atoms with Gasteiger partial charge in [0.2, 0.25) is 0 Å². The van der Waals surface area contributed by atoms with E-state index in [0.29, 0.717) is 5.92 Å². The van der Waals surface area contributed by atoms with Gasteiger partial charge in [0.25, 0.3) is 0 Å². The van der Waals surface area contributed by atoms with E-state index in [0.717, 1.165) is 5.01 Å². The monoisotopic (exact) mass is 182 g/mol. The molecule has 0 saturated heterocycles. The van der Waals surface area contributed by atoms with Crippen LogP contribution >= 0.6 is 11.3 Å². The second-order valence-corrected chi connectivity index (χ2v) is 5.07. The van der Waals surface area contributed by atoms with Crippen LogP contribution in [-0.4, -0.2) is 4.98 Å². The van der Waals surface area contributed by atoms with Crippen LogP contribution in [0.2, 0.25) is 0 Å². The Morgan fingerprint density at radius 3 is 2.75 bits per heavy atom. The SMILES string of the molecule is Cc1cnc(C(C)(N)C2CC2)s1. The van der Waals surface area contributed by atoms with Crippen molar-refractivity contribution in [1.29, 1.82) is 0 Å². The van der Waals surface area contributed by atoms with Gasteiger partial charge in [-0.05, 0) is 32.6 Å². The fraction of sp³-hybridized carbons (Fsp3) is 0.667. The highest BCUT2D eigenvalue weighted by Gasteiger charge is 2.41. The van der Waals surface area contributed by atoms with Crippen molar-refractivity contribution in [2.24, 2.45) is 11.7 Å². The molecular formula is C9H14N2S. The van der Waals surface area contributed by atoms with E-state index >= 15 is 0 Å². The van der Waals surface area contributed by atoms with Crippen molar-refractivity contribution in [2.45, 2.75) is 32.2 Å². The van der Waals surface area contributed by atoms with Crippen molar-refractivity contribution in [3.63, 3.8) is 0 Å². The molecule has 1 saturated carbocycles. The fourth-order valence-electron chi connectivity index (χ4n) is 1.46. The summed E-state index contributed by atoms with van der Waals surface area (Å²) in [5.41, 5.74) is 6.04. The maximum atomic E-state index is 6.20. The molecule has 1 aliphatic rings. The molecule has 1 aromatic rings. The van der Waals surface area contributed by atoms with Crippen LogP contribution in [0.15, 0.2) is 6.20 Å². The van der Waals surface area contributed by atoms with Crippen molar-refractivity contribution < 1.29 is 0 Å². The van der Waals surface area contributed by atoms with Crippen LogP contribution in [-0.2, 0) is 5.54 Å². The predicted octanol–water partition coefficient (Wildman–Crippen LogP) is 2.04. The number of hydrogen-bond acceptors (Lipinski definition) is 3. The Kier molecular flexibility index (Phi) is 1.73. The third kappa shape index (κ3) is 1.27. The largest absolute Gasteiger partial charge is 0.319 e. The Bertz CT molecular complexity index is 286. The summed E-state index contributed by atoms with van der Waals surface area (Å²) in [6, 6.07) is 0. The van der Waals surface area contributed by atoms with Crippen LogP contribution in [0.3, 0.4) is 0 Å². The quantitative estimate of drug-likeness (QED) is 0.760. The zero-order valence-corrected chi connectivity index (χ0v) is 8.32. The summed E-state index contributed by atoms with van der Waals surface area (Å²) in [5, 5.41) is 1.10. The van der Waals surface area contributed by atoms with E-state index in [1.807, 2.05) is 6.20 Å². The first kappa shape index (κ1) is 8.20. The molecule has 1 aliphatic carbocycles. The fourth-order valence-corrected chi connectivity index (χ4v) is 2.36. The minimum absolute atomic E-state index is 0.168. The van der Waals surface area contributed by atoms with Gasteiger partial charge in [-0.3, -0.25) is 0 Å². The standard InChI is InChI=1S/C9H14N2S/c1-6-5-11-8(12-6)9(2,10)7-3-4-7/h5,7H,3-4,10H2,1-2H3. The van der Waals surface area contributed by atoms with Crippen molar-refractivity contribution in [3.8, 4) is 0 Å². The molecule has 1 aromatic heterocycles. The number of thiazole rings is 1. The van der Waals surface area contributed by atoms with Crippen LogP contribution in [0.25, 0.3) is 0 Å². The summed E-state index contributed by atoms with van der Waals surface area (Å²) in [6.45, 7) is 4.17. The molecule has 12 heavy (non-hydrogen) atoms. The topological polar surface area (TPSA) is 38.9 Å². The molecule has 0 spiro atoms. The van der Waals surface area contributed by atoms with E-state index in [9.17, 15) is 0 Å². The lowest BCUT2D eigenvalue weighted by Gasteiger charge is -2.20. The van der Waals surface area contributed by atoms with Gasteiger partial charge in [-0.1, -0.05) is 0 Å². The van der Waals surface area contributed by atoms with Crippen LogP contribution in [0.1, 0.15) is 29.7 Å². The molecule has 3 heteroatoms. The first-order valence-corrected chi connectivity index (χ1v) is 5.14. The minimum atomic E-state index is -0.168. The third-order valence-electron chi connectivity index (χ3n) is 2.51. The summed E-state index contributed by atoms with van der Waals surface area (Å²) in [7, 11) is 0. The van der Waals surface area contributed by atoms with Gasteiger partial charge in [0.05, 0.1) is 5.54 Å². The molecular weight excluding hydrogens is 168 g/mol. The highest BCUT2D eigenvalue weighted by Crippen LogP contribution is 2.44. The van der Waals surface area contributed by atoms with Gasteiger partial charge >= 0.3 is 0 Å². The lowest BCUT2D eigenvalue weighted by molar-refractivity contribution is 0.425. The zero-order valence-electron chi connectivity index (χ0n) is 7.50. The van der Waals surface area contributed by atoms with Crippen molar-refractivity contribution >= 4 is 11.3 Å². The molecule has 2 nitrogen and oxygen atoms in total. The smallest absolute Gasteiger partial charge is 0.113 e. The average molecular weight is 182 g/mol. The van der Waals surface area contributed by atoms with Gasteiger partial charge in [0, 0.05) is 11.1 Å². The second-order valence-electron chi connectivity index (χ2n) is 3.83. The number of rotatable bonds is 2. The van der Waals surface area contributed by atoms with E-state index in [2.05, 4.69) is 18.8 Å². The van der Waals surface area contributed by atoms with Crippen molar-refractivity contribution in [2.75, 3.05) is 0 Å². The van der Waals surface area contributed by atoms with E-state index < -0.39 is 0 Å². The van der Waals surface area contributed by atoms with Gasteiger partial charge in [-0.15, -0.1) is 11.3 Å². The summed E-state index contributed by atoms with van der Waals surface area (Å²) in [4.78, 5) is 5.59. The van der Waals surface area contributed by atoms with Crippen LogP contribution in [0, 0.1) is 12.8 Å². The normalized spacial score (nSPS) is 22.2. The highest BCUT2D eigenvalue weighted by atomic mass is 32.1. The molecule has 0 aliphatic heterocycles. The van der Waals surface area contributed by atoms with Gasteiger partial charge in [0.15, 0.2) is 0 Å². The van der Waals surface area contributed by atoms with Gasteiger partial charge in [-0.25, -0.2) is 4.98 Å². The lowest BCUT2D eigenvalue weighted by atomic mass is 9.99. The Hall–Kier alpha value is -0.410. The molecule has 2 N–H and O–H groups in total. The van der Waals surface area contributed by atoms with E-state index in [-0.39, 0.29) is 5.54 Å². The molecule has 1 fully saturated rings. The summed E-state index contributed by atoms with van der Waals surface area (Å²) >= 11 is 1.73. The van der Waals surface area contributed by atoms with Crippen LogP contribution < -0.4 is 5.73 Å². The number of hydrogen-bond donors (Lipinski definition) is 1. The van der Waals surface area contributed by atoms with Crippen LogP contribution in [0.5, 0.6) is 0 Å². The van der Waals surface area contributed by atoms with Crippen molar-refractivity contribution in [3.05, 3.63) is 16.1 Å². The first-order chi connectivity index (χ1) is 5.60. The van der Waals surface area contributed by atoms with Crippen LogP contribution in [0.4, 0.5) is 0 Å². The summed E-state index contributed by atoms with van der Waals surface area (Å²) in [6.07, 6.45) is 4.45. The Balaban J connectivity index is 2.27. The summed E-state index contributed by atoms with van der Waals surface area (Å²) in [5.74, 6) is 0.669. The Morgan fingerprint density at radius 1 is 1.67 bits per heavy atom. The number of aromatic nitrogens is 1. The lowest BCUT2D eigenvalue weighted by Crippen LogP contribution is -2.35. The highest BCUT2D eigenvalue weighted by molar-refractivity contribution is 7.11. The minimum Gasteiger partial charge on any atom is -0.319 e. The molecule has 0 aromatic carbocycles. The molecule has 0 amide bonds. The van der Waals surface area contributed by atoms with E-state index in [1.165, 1.54) is 17.7 Å². The molecule has 0 bridgehead atoms. The molecule has 1 heterocycles. The molecule has 66 valence electrons. The van der Waals surface area contributed by atoms with E-state index in [4.69, 9.17) is 5.73 Å². The number of aryl methyl sites for hydroxylation is 1. The second kappa shape index (κ2) is 2.54.